The van der Waals surface area contributed by atoms with E-state index in [9.17, 15) is 9.59 Å². The number of benzene rings is 1. The fraction of sp³-hybridized carbons (Fsp3) is 0.231. The molecule has 19 heavy (non-hydrogen) atoms. The molecule has 1 aromatic carbocycles. The lowest BCUT2D eigenvalue weighted by molar-refractivity contribution is -0.136. The lowest BCUT2D eigenvalue weighted by Crippen LogP contribution is -2.46. The molecule has 3 N–H and O–H groups in total. The Balaban J connectivity index is 3.04. The number of nitrogens with two attached hydrogens (primary N) is 1. The van der Waals surface area contributed by atoms with Crippen LogP contribution in [0, 0.1) is 0 Å². The number of nitrogens with zero attached hydrogens (tertiary/aromatic N) is 1. The summed E-state index contributed by atoms with van der Waals surface area (Å²) in [4.78, 5) is 24.1. The molecule has 102 valence electrons. The predicted octanol–water partition coefficient (Wildman–Crippen LogP) is 1.66. The second kappa shape index (κ2) is 6.92. The second-order valence-electron chi connectivity index (χ2n) is 3.93. The van der Waals surface area contributed by atoms with Crippen molar-refractivity contribution in [1.82, 2.24) is 0 Å². The Bertz CT molecular complexity index is 491. The van der Waals surface area contributed by atoms with E-state index in [1.54, 1.807) is 18.2 Å². The highest BCUT2D eigenvalue weighted by atomic mass is 35.5. The minimum absolute atomic E-state index is 0.273. The van der Waals surface area contributed by atoms with Crippen molar-refractivity contribution in [2.45, 2.75) is 12.5 Å². The number of carbonyl (C=O) groups is 2. The Morgan fingerprint density at radius 2 is 2.21 bits per heavy atom. The lowest BCUT2D eigenvalue weighted by Gasteiger charge is -2.24. The summed E-state index contributed by atoms with van der Waals surface area (Å²) in [5.41, 5.74) is 6.09. The van der Waals surface area contributed by atoms with Gasteiger partial charge in [0.1, 0.15) is 6.54 Å². The van der Waals surface area contributed by atoms with Gasteiger partial charge in [-0.15, -0.1) is 6.58 Å². The number of aliphatic carboxylic acids is 1. The highest BCUT2D eigenvalue weighted by molar-refractivity contribution is 6.31. The number of rotatable bonds is 6. The molecular formula is C13H15ClN2O3. The van der Waals surface area contributed by atoms with Crippen LogP contribution in [0.15, 0.2) is 36.9 Å². The van der Waals surface area contributed by atoms with Crippen LogP contribution in [0.25, 0.3) is 0 Å². The van der Waals surface area contributed by atoms with Gasteiger partial charge in [0.15, 0.2) is 0 Å². The van der Waals surface area contributed by atoms with Crippen LogP contribution >= 0.6 is 11.6 Å². The first-order chi connectivity index (χ1) is 8.95. The molecule has 5 nitrogen and oxygen atoms in total. The highest BCUT2D eigenvalue weighted by Gasteiger charge is 2.23. The molecule has 0 saturated heterocycles. The number of carbonyl (C=O) groups excluding carboxylic acids is 1. The fourth-order valence-corrected chi connectivity index (χ4v) is 1.74. The van der Waals surface area contributed by atoms with Crippen LogP contribution in [0.5, 0.6) is 0 Å². The van der Waals surface area contributed by atoms with Crippen molar-refractivity contribution in [2.75, 3.05) is 11.4 Å². The standard InChI is InChI=1S/C13H15ClN2O3/c1-2-4-11(15)13(19)16(8-12(17)18)10-6-3-5-9(14)7-10/h2-3,5-7,11H,1,4,8,15H2,(H,17,18). The summed E-state index contributed by atoms with van der Waals surface area (Å²) < 4.78 is 0. The zero-order valence-electron chi connectivity index (χ0n) is 10.3. The number of halogens is 1. The third-order valence-electron chi connectivity index (χ3n) is 2.42. The van der Waals surface area contributed by atoms with Crippen molar-refractivity contribution < 1.29 is 14.7 Å². The average molecular weight is 283 g/mol. The zero-order chi connectivity index (χ0) is 14.4. The summed E-state index contributed by atoms with van der Waals surface area (Å²) >= 11 is 5.84. The first kappa shape index (κ1) is 15.2. The van der Waals surface area contributed by atoms with Crippen molar-refractivity contribution in [3.63, 3.8) is 0 Å². The minimum atomic E-state index is -1.13. The average Bonchev–Trinajstić information content (AvgIpc) is 2.35. The molecule has 1 unspecified atom stereocenters. The van der Waals surface area contributed by atoms with Crippen LogP contribution in [-0.4, -0.2) is 29.6 Å². The van der Waals surface area contributed by atoms with Gasteiger partial charge in [-0.2, -0.15) is 0 Å². The monoisotopic (exact) mass is 282 g/mol. The normalized spacial score (nSPS) is 11.7. The Kier molecular flexibility index (Phi) is 5.54. The Labute approximate surface area is 116 Å². The van der Waals surface area contributed by atoms with Gasteiger partial charge in [-0.05, 0) is 24.6 Å². The quantitative estimate of drug-likeness (QED) is 0.777. The van der Waals surface area contributed by atoms with Crippen molar-refractivity contribution in [3.05, 3.63) is 41.9 Å². The van der Waals surface area contributed by atoms with Gasteiger partial charge in [-0.25, -0.2) is 0 Å². The van der Waals surface area contributed by atoms with E-state index in [2.05, 4.69) is 6.58 Å². The van der Waals surface area contributed by atoms with Gasteiger partial charge in [0.2, 0.25) is 5.91 Å². The lowest BCUT2D eigenvalue weighted by atomic mass is 10.1. The van der Waals surface area contributed by atoms with E-state index < -0.39 is 24.5 Å². The van der Waals surface area contributed by atoms with Crippen molar-refractivity contribution in [2.24, 2.45) is 5.73 Å². The maximum Gasteiger partial charge on any atom is 0.323 e. The van der Waals surface area contributed by atoms with Crippen LogP contribution in [0.2, 0.25) is 5.02 Å². The van der Waals surface area contributed by atoms with Crippen LogP contribution in [0.3, 0.4) is 0 Å². The van der Waals surface area contributed by atoms with E-state index in [-0.39, 0.29) is 6.42 Å². The second-order valence-corrected chi connectivity index (χ2v) is 4.37. The van der Waals surface area contributed by atoms with Gasteiger partial charge >= 0.3 is 5.97 Å². The number of hydrogen-bond acceptors (Lipinski definition) is 3. The van der Waals surface area contributed by atoms with Gasteiger partial charge in [-0.3, -0.25) is 14.5 Å². The number of amides is 1. The van der Waals surface area contributed by atoms with E-state index in [0.29, 0.717) is 10.7 Å². The third kappa shape index (κ3) is 4.39. The molecule has 1 amide bonds. The Morgan fingerprint density at radius 3 is 2.74 bits per heavy atom. The SMILES string of the molecule is C=CCC(N)C(=O)N(CC(=O)O)c1cccc(Cl)c1. The van der Waals surface area contributed by atoms with E-state index >= 15 is 0 Å². The largest absolute Gasteiger partial charge is 0.480 e. The van der Waals surface area contributed by atoms with E-state index in [4.69, 9.17) is 22.4 Å². The molecule has 0 fully saturated rings. The molecule has 0 aromatic heterocycles. The van der Waals surface area contributed by atoms with Crippen LogP contribution in [-0.2, 0) is 9.59 Å². The molecule has 0 radical (unpaired) electrons. The molecule has 6 heteroatoms. The third-order valence-corrected chi connectivity index (χ3v) is 2.65. The minimum Gasteiger partial charge on any atom is -0.480 e. The Morgan fingerprint density at radius 1 is 1.53 bits per heavy atom. The summed E-state index contributed by atoms with van der Waals surface area (Å²) in [6, 6.07) is 5.57. The van der Waals surface area contributed by atoms with Crippen LogP contribution in [0.1, 0.15) is 6.42 Å². The summed E-state index contributed by atoms with van der Waals surface area (Å²) in [5, 5.41) is 9.30. The maximum atomic E-state index is 12.1. The molecule has 0 spiro atoms. The summed E-state index contributed by atoms with van der Waals surface area (Å²) in [6.45, 7) is 3.03. The van der Waals surface area contributed by atoms with Crippen molar-refractivity contribution >= 4 is 29.2 Å². The smallest absolute Gasteiger partial charge is 0.323 e. The summed E-state index contributed by atoms with van der Waals surface area (Å²) in [7, 11) is 0. The van der Waals surface area contributed by atoms with Gasteiger partial charge < -0.3 is 10.8 Å². The summed E-state index contributed by atoms with van der Waals surface area (Å²) in [6.07, 6.45) is 1.79. The van der Waals surface area contributed by atoms with Crippen LogP contribution < -0.4 is 10.6 Å². The molecule has 0 bridgehead atoms. The molecular weight excluding hydrogens is 268 g/mol. The van der Waals surface area contributed by atoms with E-state index in [1.807, 2.05) is 0 Å². The van der Waals surface area contributed by atoms with Crippen molar-refractivity contribution in [1.29, 1.82) is 0 Å². The fourth-order valence-electron chi connectivity index (χ4n) is 1.56. The number of hydrogen-bond donors (Lipinski definition) is 2. The molecule has 1 aromatic rings. The summed E-state index contributed by atoms with van der Waals surface area (Å²) in [5.74, 6) is -1.61. The molecule has 0 heterocycles. The first-order valence-corrected chi connectivity index (χ1v) is 5.98. The highest BCUT2D eigenvalue weighted by Crippen LogP contribution is 2.20. The maximum absolute atomic E-state index is 12.1. The van der Waals surface area contributed by atoms with Gasteiger partial charge in [-0.1, -0.05) is 23.7 Å². The molecule has 0 saturated carbocycles. The van der Waals surface area contributed by atoms with E-state index in [0.717, 1.165) is 4.90 Å². The van der Waals surface area contributed by atoms with Crippen LogP contribution in [0.4, 0.5) is 5.69 Å². The van der Waals surface area contributed by atoms with Gasteiger partial charge in [0.05, 0.1) is 6.04 Å². The topological polar surface area (TPSA) is 83.6 Å². The first-order valence-electron chi connectivity index (χ1n) is 5.61. The van der Waals surface area contributed by atoms with Crippen molar-refractivity contribution in [3.8, 4) is 0 Å². The number of carboxylic acid groups (broad SMARTS) is 1. The van der Waals surface area contributed by atoms with Gasteiger partial charge in [0, 0.05) is 10.7 Å². The molecule has 1 atom stereocenters. The number of anilines is 1. The zero-order valence-corrected chi connectivity index (χ0v) is 11.0. The molecule has 0 aliphatic carbocycles. The molecule has 1 rings (SSSR count). The van der Waals surface area contributed by atoms with E-state index in [1.165, 1.54) is 12.1 Å². The van der Waals surface area contributed by atoms with Gasteiger partial charge in [0.25, 0.3) is 0 Å². The Hall–Kier alpha value is -1.85. The number of carboxylic acids is 1. The predicted molar refractivity (Wildman–Crippen MR) is 74.2 cm³/mol. The molecule has 0 aliphatic heterocycles. The molecule has 0 aliphatic rings.